The monoisotopic (exact) mass is 340 g/mol. The van der Waals surface area contributed by atoms with Crippen LogP contribution in [0.4, 0.5) is 4.39 Å². The molecule has 2 aromatic carbocycles. The summed E-state index contributed by atoms with van der Waals surface area (Å²) in [6.07, 6.45) is -0.873. The number of hydrogen-bond donors (Lipinski definition) is 0. The zero-order valence-corrected chi connectivity index (χ0v) is 14.6. The Bertz CT molecular complexity index is 1120. The zero-order chi connectivity index (χ0) is 23.2. The van der Waals surface area contributed by atoms with Gasteiger partial charge in [0.1, 0.15) is 12.9 Å². The molecule has 1 unspecified atom stereocenters. The molecule has 0 N–H and O–H groups in total. The Labute approximate surface area is 158 Å². The second-order valence-electron chi connectivity index (χ2n) is 6.17. The third kappa shape index (κ3) is 3.79. The second-order valence-corrected chi connectivity index (χ2v) is 6.17. The smallest absolute Gasteiger partial charge is 0.207 e. The van der Waals surface area contributed by atoms with E-state index in [4.69, 9.17) is 8.22 Å². The molecule has 0 aliphatic rings. The van der Waals surface area contributed by atoms with Crippen molar-refractivity contribution in [1.82, 2.24) is 0 Å². The fourth-order valence-electron chi connectivity index (χ4n) is 2.88. The van der Waals surface area contributed by atoms with Gasteiger partial charge >= 0.3 is 0 Å². The Balaban J connectivity index is 2.15. The Morgan fingerprint density at radius 2 is 1.92 bits per heavy atom. The number of rotatable bonds is 4. The van der Waals surface area contributed by atoms with E-state index in [-0.39, 0.29) is 0 Å². The highest BCUT2D eigenvalue weighted by Crippen LogP contribution is 2.27. The van der Waals surface area contributed by atoms with Gasteiger partial charge in [-0.3, -0.25) is 0 Å². The van der Waals surface area contributed by atoms with Gasteiger partial charge in [-0.05, 0) is 59.6 Å². The van der Waals surface area contributed by atoms with Gasteiger partial charge in [-0.2, -0.15) is 0 Å². The molecule has 0 aliphatic heterocycles. The van der Waals surface area contributed by atoms with Crippen LogP contribution in [0.15, 0.2) is 60.8 Å². The van der Waals surface area contributed by atoms with Gasteiger partial charge in [-0.1, -0.05) is 38.0 Å². The van der Waals surface area contributed by atoms with E-state index in [9.17, 15) is 4.39 Å². The van der Waals surface area contributed by atoms with Crippen molar-refractivity contribution in [2.75, 3.05) is 0 Å². The molecule has 0 saturated heterocycles. The lowest BCUT2D eigenvalue weighted by Gasteiger charge is -2.10. The minimum atomic E-state index is -2.93. The summed E-state index contributed by atoms with van der Waals surface area (Å²) in [4.78, 5) is 0. The van der Waals surface area contributed by atoms with E-state index in [1.165, 1.54) is 12.1 Å². The first-order valence-electron chi connectivity index (χ1n) is 11.1. The van der Waals surface area contributed by atoms with Gasteiger partial charge in [0.25, 0.3) is 0 Å². The fraction of sp³-hybridized carbons (Fsp3) is 0.261. The Hall–Kier alpha value is -2.48. The molecule has 0 radical (unpaired) electrons. The van der Waals surface area contributed by atoms with Crippen LogP contribution in [0.5, 0.6) is 0 Å². The van der Waals surface area contributed by atoms with Crippen molar-refractivity contribution in [2.45, 2.75) is 27.1 Å². The van der Waals surface area contributed by atoms with Crippen LogP contribution in [0.2, 0.25) is 0 Å². The van der Waals surface area contributed by atoms with E-state index in [0.29, 0.717) is 5.56 Å². The molecule has 3 rings (SSSR count). The van der Waals surface area contributed by atoms with E-state index in [1.54, 1.807) is 0 Å². The summed E-state index contributed by atoms with van der Waals surface area (Å²) < 4.78 is 64.2. The fourth-order valence-corrected chi connectivity index (χ4v) is 2.88. The predicted octanol–water partition coefficient (Wildman–Crippen LogP) is 5.49. The first-order chi connectivity index (χ1) is 14.3. The standard InChI is InChI=1S/C23H25FN/c1-16(2)13-20-14-18(9-10-22(20)24)19-11-12-25(4)23(15-19)21-8-6-5-7-17(21)3/h5-12,14-16H,13H2,1-4H3/q+1/i1D3,13D2,16D. The Morgan fingerprint density at radius 1 is 1.16 bits per heavy atom. The molecule has 0 amide bonds. The van der Waals surface area contributed by atoms with Crippen molar-refractivity contribution in [1.29, 1.82) is 0 Å². The maximum Gasteiger partial charge on any atom is 0.213 e. The Morgan fingerprint density at radius 3 is 2.68 bits per heavy atom. The van der Waals surface area contributed by atoms with Crippen molar-refractivity contribution < 1.29 is 17.2 Å². The van der Waals surface area contributed by atoms with E-state index in [1.807, 2.05) is 61.1 Å². The van der Waals surface area contributed by atoms with Crippen molar-refractivity contribution in [3.05, 3.63) is 77.7 Å². The summed E-state index contributed by atoms with van der Waals surface area (Å²) in [6.45, 7) is 0.0544. The largest absolute Gasteiger partial charge is 0.213 e. The predicted molar refractivity (Wildman–Crippen MR) is 102 cm³/mol. The number of aromatic nitrogens is 1. The van der Waals surface area contributed by atoms with Gasteiger partial charge in [0, 0.05) is 25.9 Å². The normalized spacial score (nSPS) is 18.1. The van der Waals surface area contributed by atoms with Crippen molar-refractivity contribution >= 4 is 0 Å². The lowest BCUT2D eigenvalue weighted by molar-refractivity contribution is -0.660. The summed E-state index contributed by atoms with van der Waals surface area (Å²) in [5, 5.41) is 0. The molecule has 128 valence electrons. The SMILES string of the molecule is [2H]C([2H])([2H])C([2H])(C)C([2H])([2H])c1cc(-c2cc[n+](C)c(-c3ccccc3C)c2)ccc1F. The van der Waals surface area contributed by atoms with Crippen LogP contribution in [0.1, 0.15) is 33.1 Å². The molecule has 1 atom stereocenters. The number of aryl methyl sites for hydroxylation is 2. The number of pyridine rings is 1. The first-order valence-corrected chi connectivity index (χ1v) is 8.13. The molecule has 0 spiro atoms. The van der Waals surface area contributed by atoms with Gasteiger partial charge in [-0.15, -0.1) is 0 Å². The molecular weight excluding hydrogens is 309 g/mol. The lowest BCUT2D eigenvalue weighted by atomic mass is 9.96. The third-order valence-corrected chi connectivity index (χ3v) is 4.19. The average Bonchev–Trinajstić information content (AvgIpc) is 2.68. The molecule has 0 bridgehead atoms. The Kier molecular flexibility index (Phi) is 3.22. The van der Waals surface area contributed by atoms with Crippen LogP contribution in [0.3, 0.4) is 0 Å². The van der Waals surface area contributed by atoms with Crippen LogP contribution in [-0.4, -0.2) is 0 Å². The van der Waals surface area contributed by atoms with Crippen LogP contribution in [0.25, 0.3) is 22.4 Å². The molecule has 1 nitrogen and oxygen atoms in total. The third-order valence-electron chi connectivity index (χ3n) is 4.19. The minimum Gasteiger partial charge on any atom is -0.207 e. The number of nitrogens with zero attached hydrogens (tertiary/aromatic N) is 1. The van der Waals surface area contributed by atoms with Gasteiger partial charge in [-0.25, -0.2) is 8.96 Å². The van der Waals surface area contributed by atoms with Crippen molar-refractivity contribution in [3.8, 4) is 22.4 Å². The van der Waals surface area contributed by atoms with Gasteiger partial charge in [0.2, 0.25) is 5.69 Å². The topological polar surface area (TPSA) is 3.88 Å². The van der Waals surface area contributed by atoms with Gasteiger partial charge in [0.15, 0.2) is 6.20 Å². The number of benzene rings is 2. The summed E-state index contributed by atoms with van der Waals surface area (Å²) in [7, 11) is 1.92. The van der Waals surface area contributed by atoms with E-state index >= 15 is 0 Å². The summed E-state index contributed by atoms with van der Waals surface area (Å²) in [6, 6.07) is 15.6. The van der Waals surface area contributed by atoms with Gasteiger partial charge < -0.3 is 0 Å². The molecular formula is C23H25FN+. The number of halogens is 1. The highest BCUT2D eigenvalue weighted by Gasteiger charge is 2.14. The molecule has 0 saturated carbocycles. The summed E-state index contributed by atoms with van der Waals surface area (Å²) in [5.41, 5.74) is 3.88. The molecule has 0 fully saturated rings. The van der Waals surface area contributed by atoms with Crippen LogP contribution in [-0.2, 0) is 13.4 Å². The maximum atomic E-state index is 14.6. The van der Waals surface area contributed by atoms with Crippen LogP contribution < -0.4 is 4.57 Å². The second kappa shape index (κ2) is 7.18. The molecule has 25 heavy (non-hydrogen) atoms. The summed E-state index contributed by atoms with van der Waals surface area (Å²) >= 11 is 0. The first kappa shape index (κ1) is 11.2. The quantitative estimate of drug-likeness (QED) is 0.553. The maximum absolute atomic E-state index is 14.6. The summed E-state index contributed by atoms with van der Waals surface area (Å²) in [5.74, 6) is -3.41. The van der Waals surface area contributed by atoms with E-state index in [2.05, 4.69) is 0 Å². The highest BCUT2D eigenvalue weighted by molar-refractivity contribution is 5.70. The van der Waals surface area contributed by atoms with Crippen molar-refractivity contribution in [3.63, 3.8) is 0 Å². The molecule has 3 aromatic rings. The van der Waals surface area contributed by atoms with E-state index < -0.39 is 30.5 Å². The van der Waals surface area contributed by atoms with Crippen LogP contribution in [0, 0.1) is 18.6 Å². The molecule has 2 heteroatoms. The van der Waals surface area contributed by atoms with Crippen molar-refractivity contribution in [2.24, 2.45) is 12.9 Å². The molecule has 0 aliphatic carbocycles. The minimum absolute atomic E-state index is 0.440. The molecule has 1 heterocycles. The van der Waals surface area contributed by atoms with Crippen LogP contribution >= 0.6 is 0 Å². The average molecular weight is 340 g/mol. The lowest BCUT2D eigenvalue weighted by Crippen LogP contribution is -2.30. The zero-order valence-electron chi connectivity index (χ0n) is 20.6. The molecule has 1 aromatic heterocycles. The van der Waals surface area contributed by atoms with Gasteiger partial charge in [0.05, 0.1) is 0 Å². The highest BCUT2D eigenvalue weighted by atomic mass is 19.1. The number of hydrogen-bond acceptors (Lipinski definition) is 0. The van der Waals surface area contributed by atoms with E-state index in [0.717, 1.165) is 35.4 Å².